The van der Waals surface area contributed by atoms with E-state index in [4.69, 9.17) is 4.74 Å². The van der Waals surface area contributed by atoms with Crippen LogP contribution in [0.4, 0.5) is 25.0 Å². The Morgan fingerprint density at radius 1 is 1.29 bits per heavy atom. The zero-order chi connectivity index (χ0) is 17.6. The predicted octanol–water partition coefficient (Wildman–Crippen LogP) is 2.97. The van der Waals surface area contributed by atoms with Crippen molar-refractivity contribution in [2.75, 3.05) is 30.9 Å². The fourth-order valence-corrected chi connectivity index (χ4v) is 3.99. The molecular formula is C17H23F2N3O2. The smallest absolute Gasteiger partial charge is 0.319 e. The molecule has 132 valence electrons. The van der Waals surface area contributed by atoms with Gasteiger partial charge in [0.15, 0.2) is 11.6 Å². The fraction of sp³-hybridized carbons (Fsp3) is 0.588. The van der Waals surface area contributed by atoms with Gasteiger partial charge in [-0.2, -0.15) is 0 Å². The maximum atomic E-state index is 14.0. The van der Waals surface area contributed by atoms with Crippen LogP contribution in [0.15, 0.2) is 12.1 Å². The molecule has 2 fully saturated rings. The van der Waals surface area contributed by atoms with Crippen LogP contribution in [0.2, 0.25) is 0 Å². The summed E-state index contributed by atoms with van der Waals surface area (Å²) in [5.74, 6) is -1.14. The number of hydrogen-bond acceptors (Lipinski definition) is 3. The van der Waals surface area contributed by atoms with Gasteiger partial charge in [0.2, 0.25) is 0 Å². The van der Waals surface area contributed by atoms with Crippen LogP contribution in [0.25, 0.3) is 0 Å². The lowest BCUT2D eigenvalue weighted by molar-refractivity contribution is -0.107. The van der Waals surface area contributed by atoms with Crippen molar-refractivity contribution in [2.24, 2.45) is 11.3 Å². The second kappa shape index (κ2) is 5.88. The summed E-state index contributed by atoms with van der Waals surface area (Å²) in [4.78, 5) is 13.6. The van der Waals surface area contributed by atoms with Crippen LogP contribution in [0, 0.1) is 23.0 Å². The van der Waals surface area contributed by atoms with E-state index < -0.39 is 17.7 Å². The second-order valence-corrected chi connectivity index (χ2v) is 7.32. The van der Waals surface area contributed by atoms with Gasteiger partial charge in [-0.3, -0.25) is 0 Å². The van der Waals surface area contributed by atoms with Gasteiger partial charge in [-0.25, -0.2) is 13.6 Å². The van der Waals surface area contributed by atoms with E-state index in [0.717, 1.165) is 18.6 Å². The van der Waals surface area contributed by atoms with Gasteiger partial charge < -0.3 is 20.3 Å². The van der Waals surface area contributed by atoms with Gasteiger partial charge in [0.25, 0.3) is 0 Å². The Hall–Kier alpha value is -1.89. The van der Waals surface area contributed by atoms with Gasteiger partial charge in [-0.1, -0.05) is 13.8 Å². The van der Waals surface area contributed by atoms with Crippen LogP contribution in [0.1, 0.15) is 20.3 Å². The number of anilines is 2. The zero-order valence-electron chi connectivity index (χ0n) is 14.3. The normalized spacial score (nSPS) is 27.2. The predicted molar refractivity (Wildman–Crippen MR) is 88.3 cm³/mol. The first-order valence-electron chi connectivity index (χ1n) is 8.07. The first-order valence-corrected chi connectivity index (χ1v) is 8.07. The van der Waals surface area contributed by atoms with Gasteiger partial charge in [-0.15, -0.1) is 0 Å². The largest absolute Gasteiger partial charge is 0.377 e. The first kappa shape index (κ1) is 17.0. The van der Waals surface area contributed by atoms with Crippen LogP contribution < -0.4 is 15.5 Å². The summed E-state index contributed by atoms with van der Waals surface area (Å²) in [6, 6.07) is 1.76. The Balaban J connectivity index is 1.68. The quantitative estimate of drug-likeness (QED) is 0.890. The van der Waals surface area contributed by atoms with E-state index in [0.29, 0.717) is 12.5 Å². The molecule has 3 rings (SSSR count). The molecule has 0 aromatic heterocycles. The number of nitrogens with zero attached hydrogens (tertiary/aromatic N) is 1. The highest BCUT2D eigenvalue weighted by Gasteiger charge is 2.59. The molecule has 24 heavy (non-hydrogen) atoms. The molecule has 0 unspecified atom stereocenters. The lowest BCUT2D eigenvalue weighted by atomic mass is 9.57. The molecule has 2 amide bonds. The number of nitrogens with one attached hydrogen (secondary N) is 2. The lowest BCUT2D eigenvalue weighted by Crippen LogP contribution is -2.67. The van der Waals surface area contributed by atoms with Crippen LogP contribution >= 0.6 is 0 Å². The van der Waals surface area contributed by atoms with Crippen molar-refractivity contribution in [1.82, 2.24) is 5.32 Å². The summed E-state index contributed by atoms with van der Waals surface area (Å²) < 4.78 is 33.7. The van der Waals surface area contributed by atoms with E-state index in [1.54, 1.807) is 14.1 Å². The number of rotatable bonds is 3. The van der Waals surface area contributed by atoms with Gasteiger partial charge in [0, 0.05) is 43.8 Å². The van der Waals surface area contributed by atoms with E-state index >= 15 is 0 Å². The zero-order valence-corrected chi connectivity index (χ0v) is 14.3. The summed E-state index contributed by atoms with van der Waals surface area (Å²) in [5.41, 5.74) is -0.194. The van der Waals surface area contributed by atoms with Gasteiger partial charge in [0.1, 0.15) is 5.69 Å². The molecule has 5 nitrogen and oxygen atoms in total. The van der Waals surface area contributed by atoms with Gasteiger partial charge >= 0.3 is 6.03 Å². The number of amides is 2. The maximum Gasteiger partial charge on any atom is 0.319 e. The van der Waals surface area contributed by atoms with Crippen LogP contribution in [0.5, 0.6) is 0 Å². The van der Waals surface area contributed by atoms with Crippen molar-refractivity contribution in [2.45, 2.75) is 32.4 Å². The van der Waals surface area contributed by atoms with Crippen molar-refractivity contribution >= 4 is 17.4 Å². The second-order valence-electron chi connectivity index (χ2n) is 7.32. The monoisotopic (exact) mass is 339 g/mol. The Labute approximate surface area is 140 Å². The van der Waals surface area contributed by atoms with Crippen molar-refractivity contribution in [3.05, 3.63) is 23.8 Å². The number of benzene rings is 1. The van der Waals surface area contributed by atoms with Crippen LogP contribution in [-0.4, -0.2) is 38.9 Å². The first-order chi connectivity index (χ1) is 11.2. The number of hydrogen-bond donors (Lipinski definition) is 2. The molecule has 3 atom stereocenters. The Morgan fingerprint density at radius 3 is 2.50 bits per heavy atom. The number of carbonyl (C=O) groups excluding carboxylic acids is 1. The van der Waals surface area contributed by atoms with Crippen molar-refractivity contribution in [3.63, 3.8) is 0 Å². The molecule has 1 saturated carbocycles. The topological polar surface area (TPSA) is 53.6 Å². The minimum Gasteiger partial charge on any atom is -0.377 e. The third-order valence-electron chi connectivity index (χ3n) is 5.11. The summed E-state index contributed by atoms with van der Waals surface area (Å²) in [7, 11) is 3.11. The number of urea groups is 1. The standard InChI is InChI=1S/C17H23F2N3O2/c1-17(2)14(10-5-6-24-15(10)17)21-16(23)20-9-7-11(18)13(22(3)4)12(19)8-9/h7-8,10,14-15H,5-6H2,1-4H3,(H2,20,21,23)/t10-,14-,15+/m1/s1. The summed E-state index contributed by atoms with van der Waals surface area (Å²) in [6.07, 6.45) is 1.08. The molecule has 1 saturated heterocycles. The fourth-order valence-electron chi connectivity index (χ4n) is 3.99. The van der Waals surface area contributed by atoms with Crippen molar-refractivity contribution in [3.8, 4) is 0 Å². The molecule has 1 aromatic carbocycles. The third kappa shape index (κ3) is 2.70. The molecule has 0 spiro atoms. The third-order valence-corrected chi connectivity index (χ3v) is 5.11. The summed E-state index contributed by atoms with van der Waals surface area (Å²) in [6.45, 7) is 4.81. The highest BCUT2D eigenvalue weighted by molar-refractivity contribution is 5.90. The number of fused-ring (bicyclic) bond motifs is 1. The Morgan fingerprint density at radius 2 is 1.92 bits per heavy atom. The van der Waals surface area contributed by atoms with E-state index in [9.17, 15) is 13.6 Å². The van der Waals surface area contributed by atoms with E-state index in [2.05, 4.69) is 24.5 Å². The molecule has 0 radical (unpaired) electrons. The van der Waals surface area contributed by atoms with E-state index in [1.807, 2.05) is 0 Å². The molecule has 0 bridgehead atoms. The summed E-state index contributed by atoms with van der Waals surface area (Å²) in [5, 5.41) is 5.43. The number of carbonyl (C=O) groups is 1. The van der Waals surface area contributed by atoms with Crippen LogP contribution in [-0.2, 0) is 4.74 Å². The number of halogens is 2. The molecule has 2 aliphatic rings. The molecule has 7 heteroatoms. The van der Waals surface area contributed by atoms with Crippen LogP contribution in [0.3, 0.4) is 0 Å². The van der Waals surface area contributed by atoms with Crippen molar-refractivity contribution < 1.29 is 18.3 Å². The SMILES string of the molecule is CN(C)c1c(F)cc(NC(=O)N[C@@H]2[C@H]3CCO[C@@H]3C2(C)C)cc1F. The molecule has 1 aliphatic carbocycles. The van der Waals surface area contributed by atoms with Crippen molar-refractivity contribution in [1.29, 1.82) is 0 Å². The Bertz CT molecular complexity index is 640. The number of ether oxygens (including phenoxy) is 1. The minimum absolute atomic E-state index is 0.0132. The summed E-state index contributed by atoms with van der Waals surface area (Å²) >= 11 is 0. The van der Waals surface area contributed by atoms with E-state index in [1.165, 1.54) is 4.90 Å². The molecule has 1 aromatic rings. The molecule has 1 heterocycles. The van der Waals surface area contributed by atoms with E-state index in [-0.39, 0.29) is 28.9 Å². The highest BCUT2D eigenvalue weighted by Crippen LogP contribution is 2.52. The maximum absolute atomic E-state index is 14.0. The van der Waals surface area contributed by atoms with Gasteiger partial charge in [-0.05, 0) is 18.6 Å². The van der Waals surface area contributed by atoms with Gasteiger partial charge in [0.05, 0.1) is 6.10 Å². The highest BCUT2D eigenvalue weighted by atomic mass is 19.1. The Kier molecular flexibility index (Phi) is 4.15. The minimum atomic E-state index is -0.719. The average molecular weight is 339 g/mol. The molecule has 2 N–H and O–H groups in total. The molecule has 1 aliphatic heterocycles. The molecular weight excluding hydrogens is 316 g/mol. The lowest BCUT2D eigenvalue weighted by Gasteiger charge is -2.54. The average Bonchev–Trinajstić information content (AvgIpc) is 2.90.